The van der Waals surface area contributed by atoms with Gasteiger partial charge in [0.25, 0.3) is 0 Å². The molecule has 6 atom stereocenters. The number of hydrogen-bond acceptors (Lipinski definition) is 11. The number of rotatable bonds is 11. The Labute approximate surface area is 306 Å². The van der Waals surface area contributed by atoms with Crippen LogP contribution in [0.5, 0.6) is 23.0 Å². The molecule has 4 aliphatic rings. The van der Waals surface area contributed by atoms with Gasteiger partial charge in [0, 0.05) is 62.9 Å². The highest BCUT2D eigenvalue weighted by Gasteiger charge is 2.41. The zero-order valence-electron chi connectivity index (χ0n) is 31.6. The molecule has 12 nitrogen and oxygen atoms in total. The van der Waals surface area contributed by atoms with Crippen LogP contribution in [0.15, 0.2) is 24.3 Å². The van der Waals surface area contributed by atoms with Crippen LogP contribution >= 0.6 is 0 Å². The lowest BCUT2D eigenvalue weighted by atomic mass is 9.80. The van der Waals surface area contributed by atoms with Gasteiger partial charge in [-0.15, -0.1) is 0 Å². The number of benzene rings is 2. The van der Waals surface area contributed by atoms with Gasteiger partial charge in [0.05, 0.1) is 46.9 Å². The van der Waals surface area contributed by atoms with Crippen LogP contribution in [-0.2, 0) is 36.8 Å². The number of Topliss-reactive ketones (excluding diaryl/α,β-unsaturated/α-hetero) is 2. The average molecular weight is 723 g/mol. The molecule has 0 radical (unpaired) electrons. The number of methoxy groups -OCH3 is 4. The maximum atomic E-state index is 12.8. The van der Waals surface area contributed by atoms with Crippen molar-refractivity contribution in [2.24, 2.45) is 23.7 Å². The van der Waals surface area contributed by atoms with Crippen molar-refractivity contribution < 1.29 is 48.0 Å². The second-order valence-electron chi connectivity index (χ2n) is 14.4. The SMILES string of the molecule is CCOC(=O)C(C)C[C@@H]1CN2CCc3cc(OC)c(OC)cc3[C@H]2CC1=O.COc1cc2c(cc1OC)[C@H]1CC(=O)[C@H](CC(C)C(=O)O)CN1CC2. The summed E-state index contributed by atoms with van der Waals surface area (Å²) in [5.74, 6) is 1.12. The topological polar surface area (TPSA) is 141 Å². The Morgan fingerprint density at radius 3 is 1.50 bits per heavy atom. The van der Waals surface area contributed by atoms with Crippen LogP contribution < -0.4 is 18.9 Å². The van der Waals surface area contributed by atoms with Gasteiger partial charge in [-0.1, -0.05) is 13.8 Å². The molecule has 0 spiro atoms. The molecular formula is C40H54N2O10. The molecule has 52 heavy (non-hydrogen) atoms. The lowest BCUT2D eigenvalue weighted by Gasteiger charge is -2.43. The molecule has 12 heteroatoms. The van der Waals surface area contributed by atoms with Crippen molar-refractivity contribution >= 4 is 23.5 Å². The van der Waals surface area contributed by atoms with Crippen LogP contribution in [0, 0.1) is 23.7 Å². The normalized spacial score (nSPS) is 23.7. The third-order valence-electron chi connectivity index (χ3n) is 11.2. The molecule has 4 aliphatic heterocycles. The standard InChI is InChI=1S/C21H29NO5.C19H25NO5/c1-5-27-21(24)13(2)8-15-12-22-7-6-14-9-19(25-3)20(26-4)10-16(14)17(22)11-18(15)23;1-11(19(22)23)6-13-10-20-5-4-12-7-17(24-2)18(25-3)8-14(12)15(20)9-16(13)21/h9-10,13,15,17H,5-8,11-12H2,1-4H3;7-8,11,13,15H,4-6,9-10H2,1-3H3,(H,22,23)/t13?,15-,17-;11?,13-,15-/m11/s1. The van der Waals surface area contributed by atoms with E-state index in [2.05, 4.69) is 9.80 Å². The summed E-state index contributed by atoms with van der Waals surface area (Å²) in [6, 6.07) is 8.17. The molecule has 0 bridgehead atoms. The van der Waals surface area contributed by atoms with Gasteiger partial charge in [0.2, 0.25) is 0 Å². The van der Waals surface area contributed by atoms with Crippen LogP contribution in [0.4, 0.5) is 0 Å². The predicted octanol–water partition coefficient (Wildman–Crippen LogP) is 5.08. The van der Waals surface area contributed by atoms with E-state index in [9.17, 15) is 19.2 Å². The maximum absolute atomic E-state index is 12.8. The highest BCUT2D eigenvalue weighted by Crippen LogP contribution is 2.44. The first-order valence-corrected chi connectivity index (χ1v) is 18.3. The van der Waals surface area contributed by atoms with Gasteiger partial charge in [0.15, 0.2) is 23.0 Å². The van der Waals surface area contributed by atoms with E-state index in [1.807, 2.05) is 31.2 Å². The van der Waals surface area contributed by atoms with E-state index >= 15 is 0 Å². The Morgan fingerprint density at radius 2 is 1.12 bits per heavy atom. The van der Waals surface area contributed by atoms with Crippen molar-refractivity contribution in [3.63, 3.8) is 0 Å². The fraction of sp³-hybridized carbons (Fsp3) is 0.600. The number of carbonyl (C=O) groups excluding carboxylic acids is 3. The second kappa shape index (κ2) is 17.1. The Kier molecular flexibility index (Phi) is 12.9. The number of carboxylic acids is 1. The number of piperidine rings is 2. The first kappa shape index (κ1) is 39.1. The zero-order chi connectivity index (χ0) is 37.7. The lowest BCUT2D eigenvalue weighted by molar-refractivity contribution is -0.148. The number of esters is 1. The summed E-state index contributed by atoms with van der Waals surface area (Å²) in [4.78, 5) is 53.2. The minimum atomic E-state index is -0.837. The van der Waals surface area contributed by atoms with E-state index in [1.54, 1.807) is 42.3 Å². The van der Waals surface area contributed by atoms with Gasteiger partial charge in [-0.2, -0.15) is 0 Å². The molecule has 6 rings (SSSR count). The highest BCUT2D eigenvalue weighted by molar-refractivity contribution is 5.84. The Hall–Kier alpha value is -4.16. The van der Waals surface area contributed by atoms with E-state index in [-0.39, 0.29) is 47.4 Å². The number of ether oxygens (including phenoxy) is 5. The Morgan fingerprint density at radius 1 is 0.712 bits per heavy atom. The number of fused-ring (bicyclic) bond motifs is 6. The number of hydrogen-bond donors (Lipinski definition) is 1. The maximum Gasteiger partial charge on any atom is 0.308 e. The molecule has 2 unspecified atom stereocenters. The quantitative estimate of drug-likeness (QED) is 0.309. The van der Waals surface area contributed by atoms with E-state index in [4.69, 9.17) is 28.8 Å². The summed E-state index contributed by atoms with van der Waals surface area (Å²) in [7, 11) is 6.50. The van der Waals surface area contributed by atoms with Gasteiger partial charge in [-0.05, 0) is 79.1 Å². The molecule has 0 aromatic heterocycles. The van der Waals surface area contributed by atoms with Crippen molar-refractivity contribution in [2.75, 3.05) is 61.2 Å². The van der Waals surface area contributed by atoms with Crippen molar-refractivity contribution in [2.45, 2.75) is 71.4 Å². The van der Waals surface area contributed by atoms with Crippen LogP contribution in [0.1, 0.15) is 80.8 Å². The van der Waals surface area contributed by atoms with Gasteiger partial charge < -0.3 is 28.8 Å². The molecule has 0 aliphatic carbocycles. The van der Waals surface area contributed by atoms with Gasteiger partial charge in [0.1, 0.15) is 11.6 Å². The van der Waals surface area contributed by atoms with Crippen molar-refractivity contribution in [3.8, 4) is 23.0 Å². The zero-order valence-corrected chi connectivity index (χ0v) is 31.6. The Bertz CT molecular complexity index is 1640. The average Bonchev–Trinajstić information content (AvgIpc) is 3.14. The van der Waals surface area contributed by atoms with Crippen molar-refractivity contribution in [3.05, 3.63) is 46.5 Å². The largest absolute Gasteiger partial charge is 0.493 e. The molecule has 284 valence electrons. The fourth-order valence-corrected chi connectivity index (χ4v) is 8.31. The van der Waals surface area contributed by atoms with E-state index in [0.29, 0.717) is 62.6 Å². The summed E-state index contributed by atoms with van der Waals surface area (Å²) in [5.41, 5.74) is 4.70. The lowest BCUT2D eigenvalue weighted by Crippen LogP contribution is -2.47. The fourth-order valence-electron chi connectivity index (χ4n) is 8.31. The number of aliphatic carboxylic acids is 1. The van der Waals surface area contributed by atoms with Crippen LogP contribution in [-0.4, -0.2) is 99.6 Å². The van der Waals surface area contributed by atoms with E-state index < -0.39 is 11.9 Å². The third kappa shape index (κ3) is 8.39. The Balaban J connectivity index is 0.000000202. The first-order valence-electron chi connectivity index (χ1n) is 18.3. The molecule has 0 amide bonds. The monoisotopic (exact) mass is 722 g/mol. The number of ketones is 2. The molecule has 2 fully saturated rings. The third-order valence-corrected chi connectivity index (χ3v) is 11.2. The van der Waals surface area contributed by atoms with Crippen LogP contribution in [0.2, 0.25) is 0 Å². The molecule has 1 N–H and O–H groups in total. The minimum absolute atomic E-state index is 0.0486. The summed E-state index contributed by atoms with van der Waals surface area (Å²) >= 11 is 0. The molecule has 2 aromatic carbocycles. The molecule has 4 heterocycles. The number of carboxylic acid groups (broad SMARTS) is 1. The first-order chi connectivity index (χ1) is 24.9. The second-order valence-corrected chi connectivity index (χ2v) is 14.4. The molecular weight excluding hydrogens is 668 g/mol. The van der Waals surface area contributed by atoms with Crippen LogP contribution in [0.25, 0.3) is 0 Å². The molecule has 2 aromatic rings. The highest BCUT2D eigenvalue weighted by atomic mass is 16.5. The van der Waals surface area contributed by atoms with Crippen molar-refractivity contribution in [1.82, 2.24) is 9.80 Å². The van der Waals surface area contributed by atoms with Gasteiger partial charge in [-0.25, -0.2) is 0 Å². The number of nitrogens with zero attached hydrogens (tertiary/aromatic N) is 2. The van der Waals surface area contributed by atoms with Gasteiger partial charge >= 0.3 is 11.9 Å². The molecule has 2 saturated heterocycles. The smallest absolute Gasteiger partial charge is 0.308 e. The summed E-state index contributed by atoms with van der Waals surface area (Å²) < 4.78 is 26.8. The summed E-state index contributed by atoms with van der Waals surface area (Å²) in [6.45, 7) is 8.80. The van der Waals surface area contributed by atoms with E-state index in [0.717, 1.165) is 42.8 Å². The van der Waals surface area contributed by atoms with Gasteiger partial charge in [-0.3, -0.25) is 29.0 Å². The summed E-state index contributed by atoms with van der Waals surface area (Å²) in [5, 5.41) is 9.12. The molecule has 0 saturated carbocycles. The summed E-state index contributed by atoms with van der Waals surface area (Å²) in [6.07, 6.45) is 3.68. The van der Waals surface area contributed by atoms with Crippen molar-refractivity contribution in [1.29, 1.82) is 0 Å². The number of carbonyl (C=O) groups is 4. The minimum Gasteiger partial charge on any atom is -0.493 e. The van der Waals surface area contributed by atoms with Crippen LogP contribution in [0.3, 0.4) is 0 Å². The van der Waals surface area contributed by atoms with E-state index in [1.165, 1.54) is 11.1 Å². The predicted molar refractivity (Wildman–Crippen MR) is 193 cm³/mol.